The zero-order valence-corrected chi connectivity index (χ0v) is 23.3. The Labute approximate surface area is 239 Å². The standard InChI is InChI=1S/C24H25F6N7O5S/c1-11(2)37-20-17(8-31-22(34-20)32-14-7-13(25)9-36(10-14)23(39)40)33-18(21(37)38)12-5-15(26)19(16(27)6-12)35-43(41,42)4-3-24(28,29)30/h5-6,8,11,13-14,35H,3-4,7,9-10H2,1-2H3,(H,39,40)(H,31,32,34)/t13-,14-/m0/s1. The monoisotopic (exact) mass is 637 g/mol. The van der Waals surface area contributed by atoms with Crippen molar-refractivity contribution in [3.8, 4) is 11.3 Å². The summed E-state index contributed by atoms with van der Waals surface area (Å²) in [7, 11) is -4.78. The first-order valence-electron chi connectivity index (χ1n) is 12.7. The number of alkyl halides is 4. The molecule has 0 bridgehead atoms. The number of sulfonamides is 1. The van der Waals surface area contributed by atoms with Crippen LogP contribution in [0.5, 0.6) is 0 Å². The maximum atomic E-state index is 14.9. The second-order valence-electron chi connectivity index (χ2n) is 10.1. The summed E-state index contributed by atoms with van der Waals surface area (Å²) < 4.78 is 108. The number of anilines is 2. The minimum Gasteiger partial charge on any atom is -0.465 e. The predicted octanol–water partition coefficient (Wildman–Crippen LogP) is 3.91. The molecule has 1 aliphatic rings. The Balaban J connectivity index is 1.69. The number of rotatable bonds is 8. The van der Waals surface area contributed by atoms with E-state index in [4.69, 9.17) is 0 Å². The highest BCUT2D eigenvalue weighted by Crippen LogP contribution is 2.28. The number of hydrogen-bond acceptors (Lipinski definition) is 8. The molecule has 1 amide bonds. The highest BCUT2D eigenvalue weighted by molar-refractivity contribution is 7.92. The van der Waals surface area contributed by atoms with Crippen molar-refractivity contribution in [2.75, 3.05) is 28.9 Å². The third kappa shape index (κ3) is 7.44. The fourth-order valence-corrected chi connectivity index (χ4v) is 5.59. The largest absolute Gasteiger partial charge is 0.465 e. The molecule has 12 nitrogen and oxygen atoms in total. The van der Waals surface area contributed by atoms with Crippen LogP contribution in [0, 0.1) is 11.6 Å². The topological polar surface area (TPSA) is 159 Å². The molecule has 0 unspecified atom stereocenters. The van der Waals surface area contributed by atoms with Gasteiger partial charge in [-0.3, -0.25) is 14.1 Å². The molecule has 1 saturated heterocycles. The lowest BCUT2D eigenvalue weighted by molar-refractivity contribution is -0.129. The number of benzene rings is 1. The number of hydrogen-bond donors (Lipinski definition) is 3. The number of nitrogens with one attached hydrogen (secondary N) is 2. The summed E-state index contributed by atoms with van der Waals surface area (Å²) in [6.07, 6.45) is -8.11. The van der Waals surface area contributed by atoms with Crippen molar-refractivity contribution in [1.82, 2.24) is 24.4 Å². The zero-order valence-electron chi connectivity index (χ0n) is 22.5. The van der Waals surface area contributed by atoms with Crippen LogP contribution in [-0.4, -0.2) is 81.3 Å². The quantitative estimate of drug-likeness (QED) is 0.311. The van der Waals surface area contributed by atoms with Gasteiger partial charge >= 0.3 is 12.3 Å². The van der Waals surface area contributed by atoms with Crippen LogP contribution in [0.15, 0.2) is 23.1 Å². The SMILES string of the molecule is CC(C)n1c(=O)c(-c2cc(F)c(NS(=O)(=O)CCC(F)(F)F)c(F)c2)nc2cnc(N[C@H]3C[C@H](F)CN(C(=O)O)C3)nc21. The molecule has 2 atom stereocenters. The fourth-order valence-electron chi connectivity index (χ4n) is 4.48. The van der Waals surface area contributed by atoms with Crippen molar-refractivity contribution in [3.63, 3.8) is 0 Å². The molecule has 19 heteroatoms. The number of nitrogens with zero attached hydrogens (tertiary/aromatic N) is 5. The number of likely N-dealkylation sites (tertiary alicyclic amines) is 1. The molecule has 4 rings (SSSR count). The van der Waals surface area contributed by atoms with Crippen molar-refractivity contribution in [3.05, 3.63) is 40.3 Å². The molecule has 0 aliphatic carbocycles. The number of fused-ring (bicyclic) bond motifs is 1. The van der Waals surface area contributed by atoms with Gasteiger partial charge in [0.05, 0.1) is 24.9 Å². The number of aromatic nitrogens is 4. The van der Waals surface area contributed by atoms with Crippen LogP contribution in [0.2, 0.25) is 0 Å². The Morgan fingerprint density at radius 1 is 1.16 bits per heavy atom. The van der Waals surface area contributed by atoms with Crippen LogP contribution in [0.4, 0.5) is 42.8 Å². The molecule has 3 N–H and O–H groups in total. The number of carbonyl (C=O) groups is 1. The van der Waals surface area contributed by atoms with Crippen molar-refractivity contribution in [1.29, 1.82) is 0 Å². The van der Waals surface area contributed by atoms with Gasteiger partial charge < -0.3 is 15.3 Å². The van der Waals surface area contributed by atoms with E-state index >= 15 is 0 Å². The van der Waals surface area contributed by atoms with E-state index in [0.29, 0.717) is 12.1 Å². The van der Waals surface area contributed by atoms with Gasteiger partial charge in [0.15, 0.2) is 17.3 Å². The maximum absolute atomic E-state index is 14.9. The lowest BCUT2D eigenvalue weighted by Crippen LogP contribution is -2.49. The van der Waals surface area contributed by atoms with E-state index in [0.717, 1.165) is 9.47 Å². The average Bonchev–Trinajstić information content (AvgIpc) is 2.88. The summed E-state index contributed by atoms with van der Waals surface area (Å²) in [6, 6.07) is -0.0564. The molecule has 234 valence electrons. The Morgan fingerprint density at radius 3 is 2.40 bits per heavy atom. The van der Waals surface area contributed by atoms with E-state index in [1.165, 1.54) is 10.9 Å². The molecule has 0 saturated carbocycles. The number of amides is 1. The Hall–Kier alpha value is -4.16. The average molecular weight is 638 g/mol. The van der Waals surface area contributed by atoms with Gasteiger partial charge in [0.2, 0.25) is 16.0 Å². The zero-order chi connectivity index (χ0) is 31.9. The van der Waals surface area contributed by atoms with Crippen LogP contribution in [-0.2, 0) is 10.0 Å². The Bertz CT molecular complexity index is 1690. The third-order valence-corrected chi connectivity index (χ3v) is 7.64. The van der Waals surface area contributed by atoms with Crippen molar-refractivity contribution >= 4 is 38.9 Å². The van der Waals surface area contributed by atoms with Gasteiger partial charge in [-0.25, -0.2) is 36.4 Å². The minimum absolute atomic E-state index is 0.000984. The molecule has 43 heavy (non-hydrogen) atoms. The van der Waals surface area contributed by atoms with Crippen LogP contribution < -0.4 is 15.6 Å². The predicted molar refractivity (Wildman–Crippen MR) is 142 cm³/mol. The van der Waals surface area contributed by atoms with E-state index < -0.39 is 86.9 Å². The van der Waals surface area contributed by atoms with E-state index in [2.05, 4.69) is 20.3 Å². The van der Waals surface area contributed by atoms with Gasteiger partial charge in [-0.2, -0.15) is 18.2 Å². The summed E-state index contributed by atoms with van der Waals surface area (Å²) in [5, 5.41) is 12.1. The lowest BCUT2D eigenvalue weighted by Gasteiger charge is -2.33. The molecule has 2 aromatic heterocycles. The first-order valence-corrected chi connectivity index (χ1v) is 14.3. The summed E-state index contributed by atoms with van der Waals surface area (Å²) in [5.74, 6) is -4.54. The van der Waals surface area contributed by atoms with Crippen LogP contribution in [0.3, 0.4) is 0 Å². The summed E-state index contributed by atoms with van der Waals surface area (Å²) >= 11 is 0. The third-order valence-electron chi connectivity index (χ3n) is 6.38. The summed E-state index contributed by atoms with van der Waals surface area (Å²) in [5.41, 5.74) is -2.93. The summed E-state index contributed by atoms with van der Waals surface area (Å²) in [4.78, 5) is 38.2. The second-order valence-corrected chi connectivity index (χ2v) is 11.9. The molecule has 3 heterocycles. The Kier molecular flexibility index (Phi) is 8.75. The van der Waals surface area contributed by atoms with E-state index in [1.54, 1.807) is 13.8 Å². The van der Waals surface area contributed by atoms with Gasteiger partial charge in [-0.15, -0.1) is 0 Å². The van der Waals surface area contributed by atoms with E-state index in [-0.39, 0.29) is 36.6 Å². The minimum atomic E-state index is -4.82. The second kappa shape index (κ2) is 11.8. The van der Waals surface area contributed by atoms with Crippen molar-refractivity contribution < 1.29 is 44.7 Å². The van der Waals surface area contributed by atoms with Gasteiger partial charge in [0.1, 0.15) is 23.1 Å². The number of piperidine rings is 1. The number of carboxylic acid groups (broad SMARTS) is 1. The summed E-state index contributed by atoms with van der Waals surface area (Å²) in [6.45, 7) is 2.90. The maximum Gasteiger partial charge on any atom is 0.407 e. The fraction of sp³-hybridized carbons (Fsp3) is 0.458. The number of halogens is 6. The molecule has 1 aliphatic heterocycles. The van der Waals surface area contributed by atoms with Crippen molar-refractivity contribution in [2.45, 2.75) is 51.1 Å². The van der Waals surface area contributed by atoms with Gasteiger partial charge in [-0.1, -0.05) is 0 Å². The van der Waals surface area contributed by atoms with Gasteiger partial charge in [0, 0.05) is 30.6 Å². The van der Waals surface area contributed by atoms with E-state index in [1.807, 2.05) is 0 Å². The normalized spacial score (nSPS) is 17.8. The highest BCUT2D eigenvalue weighted by Gasteiger charge is 2.32. The Morgan fingerprint density at radius 2 is 1.81 bits per heavy atom. The van der Waals surface area contributed by atoms with Gasteiger partial charge in [0.25, 0.3) is 5.56 Å². The first kappa shape index (κ1) is 31.8. The van der Waals surface area contributed by atoms with Crippen LogP contribution in [0.1, 0.15) is 32.7 Å². The smallest absolute Gasteiger partial charge is 0.407 e. The molecule has 1 aromatic carbocycles. The lowest BCUT2D eigenvalue weighted by atomic mass is 10.0. The van der Waals surface area contributed by atoms with Crippen LogP contribution in [0.25, 0.3) is 22.4 Å². The molecular formula is C24H25F6N7O5S. The van der Waals surface area contributed by atoms with Crippen LogP contribution >= 0.6 is 0 Å². The molecular weight excluding hydrogens is 612 g/mol. The molecule has 3 aromatic rings. The van der Waals surface area contributed by atoms with Crippen molar-refractivity contribution in [2.24, 2.45) is 0 Å². The van der Waals surface area contributed by atoms with E-state index in [9.17, 15) is 49.5 Å². The molecule has 0 spiro atoms. The molecule has 1 fully saturated rings. The van der Waals surface area contributed by atoms with Gasteiger partial charge in [-0.05, 0) is 26.0 Å². The highest BCUT2D eigenvalue weighted by atomic mass is 32.2. The molecule has 0 radical (unpaired) electrons. The first-order chi connectivity index (χ1) is 19.9.